The minimum Gasteiger partial charge on any atom is -0.438 e. The van der Waals surface area contributed by atoms with Crippen molar-refractivity contribution in [2.45, 2.75) is 0 Å². The molecule has 0 unspecified atom stereocenters. The predicted molar refractivity (Wildman–Crippen MR) is 88.7 cm³/mol. The number of nitrogens with zero attached hydrogens (tertiary/aromatic N) is 3. The maximum atomic E-state index is 11.8. The Morgan fingerprint density at radius 1 is 1.43 bits per heavy atom. The van der Waals surface area contributed by atoms with Gasteiger partial charge in [0.1, 0.15) is 0 Å². The first-order chi connectivity index (χ1) is 11.2. The van der Waals surface area contributed by atoms with E-state index in [4.69, 9.17) is 9.15 Å². The van der Waals surface area contributed by atoms with E-state index in [0.29, 0.717) is 24.5 Å². The molecule has 0 aromatic carbocycles. The summed E-state index contributed by atoms with van der Waals surface area (Å²) in [6, 6.07) is 5.17. The van der Waals surface area contributed by atoms with Crippen LogP contribution in [0.15, 0.2) is 44.6 Å². The van der Waals surface area contributed by atoms with Crippen LogP contribution in [0.5, 0.6) is 0 Å². The molecule has 7 nitrogen and oxygen atoms in total. The van der Waals surface area contributed by atoms with Gasteiger partial charge in [-0.25, -0.2) is 5.43 Å². The molecule has 3 rings (SSSR count). The zero-order valence-corrected chi connectivity index (χ0v) is 13.8. The number of amides is 1. The van der Waals surface area contributed by atoms with Crippen molar-refractivity contribution < 1.29 is 13.9 Å². The van der Waals surface area contributed by atoms with Gasteiger partial charge in [-0.1, -0.05) is 0 Å². The summed E-state index contributed by atoms with van der Waals surface area (Å²) in [6.07, 6.45) is 4.54. The number of hydrazone groups is 1. The van der Waals surface area contributed by atoms with E-state index in [1.165, 1.54) is 12.4 Å². The number of hydrogen-bond acceptors (Lipinski definition) is 6. The molecule has 1 aliphatic heterocycles. The number of anilines is 1. The molecule has 0 bridgehead atoms. The Morgan fingerprint density at radius 3 is 3.00 bits per heavy atom. The Kier molecular flexibility index (Phi) is 5.04. The fraction of sp³-hybridized carbons (Fsp3) is 0.267. The summed E-state index contributed by atoms with van der Waals surface area (Å²) in [4.78, 5) is 17.8. The molecule has 1 N–H and O–H groups in total. The van der Waals surface area contributed by atoms with E-state index in [0.717, 1.165) is 23.4 Å². The van der Waals surface area contributed by atoms with E-state index in [-0.39, 0.29) is 5.91 Å². The highest BCUT2D eigenvalue weighted by Gasteiger charge is 2.18. The molecule has 0 spiro atoms. The summed E-state index contributed by atoms with van der Waals surface area (Å²) >= 11 is 3.48. The lowest BCUT2D eigenvalue weighted by Crippen LogP contribution is -2.36. The number of rotatable bonds is 4. The molecule has 23 heavy (non-hydrogen) atoms. The number of furan rings is 1. The number of morpholine rings is 1. The number of halogens is 1. The number of ether oxygens (including phenoxy) is 1. The summed E-state index contributed by atoms with van der Waals surface area (Å²) in [5, 5.41) is 3.91. The first-order valence-electron chi connectivity index (χ1n) is 7.09. The molecule has 2 aromatic rings. The number of carbonyl (C=O) groups excluding carboxylic acids is 1. The molecule has 1 saturated heterocycles. The average Bonchev–Trinajstić information content (AvgIpc) is 2.97. The third-order valence-corrected chi connectivity index (χ3v) is 3.84. The second kappa shape index (κ2) is 7.38. The Bertz CT molecular complexity index is 696. The first-order valence-corrected chi connectivity index (χ1v) is 7.89. The molecule has 1 fully saturated rings. The zero-order chi connectivity index (χ0) is 16.1. The number of aromatic nitrogens is 1. The van der Waals surface area contributed by atoms with E-state index in [9.17, 15) is 4.79 Å². The molecule has 3 heterocycles. The van der Waals surface area contributed by atoms with Crippen molar-refractivity contribution in [3.8, 4) is 0 Å². The van der Waals surface area contributed by atoms with Crippen LogP contribution in [0, 0.1) is 0 Å². The molecule has 8 heteroatoms. The molecule has 0 aliphatic carbocycles. The molecule has 0 saturated carbocycles. The van der Waals surface area contributed by atoms with Crippen LogP contribution in [0.1, 0.15) is 16.1 Å². The van der Waals surface area contributed by atoms with E-state index < -0.39 is 0 Å². The Labute approximate surface area is 141 Å². The Balaban J connectivity index is 1.63. The average molecular weight is 379 g/mol. The third kappa shape index (κ3) is 3.96. The highest BCUT2D eigenvalue weighted by Crippen LogP contribution is 2.30. The van der Waals surface area contributed by atoms with Crippen LogP contribution in [0.2, 0.25) is 0 Å². The van der Waals surface area contributed by atoms with E-state index in [1.54, 1.807) is 18.3 Å². The van der Waals surface area contributed by atoms with E-state index in [1.807, 2.05) is 6.07 Å². The maximum Gasteiger partial charge on any atom is 0.272 e. The summed E-state index contributed by atoms with van der Waals surface area (Å²) in [7, 11) is 0. The van der Waals surface area contributed by atoms with Crippen molar-refractivity contribution in [2.75, 3.05) is 31.2 Å². The van der Waals surface area contributed by atoms with Gasteiger partial charge in [0.05, 0.1) is 29.5 Å². The van der Waals surface area contributed by atoms with Crippen LogP contribution < -0.4 is 10.3 Å². The van der Waals surface area contributed by atoms with Gasteiger partial charge < -0.3 is 14.1 Å². The number of hydrogen-bond donors (Lipinski definition) is 1. The lowest BCUT2D eigenvalue weighted by molar-refractivity contribution is 0.0954. The normalized spacial score (nSPS) is 15.1. The number of nitrogens with one attached hydrogen (secondary N) is 1. The van der Waals surface area contributed by atoms with E-state index >= 15 is 0 Å². The van der Waals surface area contributed by atoms with Gasteiger partial charge in [-0.3, -0.25) is 9.78 Å². The van der Waals surface area contributed by atoms with Crippen molar-refractivity contribution >= 4 is 33.9 Å². The van der Waals surface area contributed by atoms with Gasteiger partial charge in [-0.15, -0.1) is 0 Å². The molecule has 1 aliphatic rings. The molecular weight excluding hydrogens is 364 g/mol. The molecule has 0 radical (unpaired) electrons. The fourth-order valence-electron chi connectivity index (χ4n) is 2.14. The van der Waals surface area contributed by atoms with Crippen molar-refractivity contribution in [3.63, 3.8) is 0 Å². The zero-order valence-electron chi connectivity index (χ0n) is 12.2. The maximum absolute atomic E-state index is 11.8. The first kappa shape index (κ1) is 15.7. The van der Waals surface area contributed by atoms with E-state index in [2.05, 4.69) is 36.3 Å². The minimum atomic E-state index is -0.326. The molecule has 120 valence electrons. The van der Waals surface area contributed by atoms with Crippen LogP contribution in [0.3, 0.4) is 0 Å². The molecule has 2 aromatic heterocycles. The Hall–Kier alpha value is -2.19. The summed E-state index contributed by atoms with van der Waals surface area (Å²) in [5.41, 5.74) is 2.88. The quantitative estimate of drug-likeness (QED) is 0.650. The topological polar surface area (TPSA) is 80.0 Å². The fourth-order valence-corrected chi connectivity index (χ4v) is 2.70. The summed E-state index contributed by atoms with van der Waals surface area (Å²) in [5.74, 6) is 0.964. The molecule has 0 atom stereocenters. The van der Waals surface area contributed by atoms with Crippen LogP contribution in [0.4, 0.5) is 5.88 Å². The van der Waals surface area contributed by atoms with Crippen LogP contribution >= 0.6 is 15.9 Å². The van der Waals surface area contributed by atoms with Crippen molar-refractivity contribution in [1.29, 1.82) is 0 Å². The smallest absolute Gasteiger partial charge is 0.272 e. The third-order valence-electron chi connectivity index (χ3n) is 3.27. The van der Waals surface area contributed by atoms with Crippen molar-refractivity contribution in [1.82, 2.24) is 10.4 Å². The van der Waals surface area contributed by atoms with Gasteiger partial charge in [-0.05, 0) is 28.1 Å². The Morgan fingerprint density at radius 2 is 2.26 bits per heavy atom. The lowest BCUT2D eigenvalue weighted by Gasteiger charge is -2.26. The van der Waals surface area contributed by atoms with Gasteiger partial charge >= 0.3 is 0 Å². The SMILES string of the molecule is O=C(N/N=C\c1cc(Br)c(N2CCOCC2)o1)c1cccnc1. The summed E-state index contributed by atoms with van der Waals surface area (Å²) < 4.78 is 11.9. The van der Waals surface area contributed by atoms with Gasteiger partial charge in [0.25, 0.3) is 5.91 Å². The number of carbonyl (C=O) groups is 1. The predicted octanol–water partition coefficient (Wildman–Crippen LogP) is 2.04. The standard InChI is InChI=1S/C15H15BrN4O3/c16-13-8-12(23-15(13)20-4-6-22-7-5-20)10-18-19-14(21)11-2-1-3-17-9-11/h1-3,8-10H,4-7H2,(H,19,21)/b18-10-. The number of pyridine rings is 1. The van der Waals surface area contributed by atoms with Gasteiger partial charge in [-0.2, -0.15) is 5.10 Å². The molecular formula is C15H15BrN4O3. The largest absolute Gasteiger partial charge is 0.438 e. The van der Waals surface area contributed by atoms with Crippen LogP contribution in [-0.4, -0.2) is 43.4 Å². The van der Waals surface area contributed by atoms with Crippen molar-refractivity contribution in [3.05, 3.63) is 46.4 Å². The van der Waals surface area contributed by atoms with Gasteiger partial charge in [0, 0.05) is 31.5 Å². The van der Waals surface area contributed by atoms with Gasteiger partial charge in [0.15, 0.2) is 5.76 Å². The highest BCUT2D eigenvalue weighted by atomic mass is 79.9. The van der Waals surface area contributed by atoms with Gasteiger partial charge in [0.2, 0.25) is 5.88 Å². The lowest BCUT2D eigenvalue weighted by atomic mass is 10.3. The second-order valence-corrected chi connectivity index (χ2v) is 5.70. The monoisotopic (exact) mass is 378 g/mol. The second-order valence-electron chi connectivity index (χ2n) is 4.84. The van der Waals surface area contributed by atoms with Crippen LogP contribution in [0.25, 0.3) is 0 Å². The minimum absolute atomic E-state index is 0.326. The van der Waals surface area contributed by atoms with Crippen LogP contribution in [-0.2, 0) is 4.74 Å². The molecule has 1 amide bonds. The van der Waals surface area contributed by atoms with Crippen molar-refractivity contribution in [2.24, 2.45) is 5.10 Å². The highest BCUT2D eigenvalue weighted by molar-refractivity contribution is 9.10. The summed E-state index contributed by atoms with van der Waals surface area (Å²) in [6.45, 7) is 2.91.